The van der Waals surface area contributed by atoms with Gasteiger partial charge in [0.2, 0.25) is 11.8 Å². The van der Waals surface area contributed by atoms with E-state index in [1.165, 1.54) is 0 Å². The first-order chi connectivity index (χ1) is 22.4. The van der Waals surface area contributed by atoms with Crippen molar-refractivity contribution in [3.05, 3.63) is 34.9 Å². The smallest absolute Gasteiger partial charge is 0.252 e. The van der Waals surface area contributed by atoms with E-state index in [4.69, 9.17) is 16.3 Å². The summed E-state index contributed by atoms with van der Waals surface area (Å²) in [5, 5.41) is 0.677. The minimum absolute atomic E-state index is 0.0121. The summed E-state index contributed by atoms with van der Waals surface area (Å²) in [4.78, 5) is 54.3. The van der Waals surface area contributed by atoms with Crippen molar-refractivity contribution in [1.29, 1.82) is 0 Å². The van der Waals surface area contributed by atoms with E-state index in [2.05, 4.69) is 49.4 Å². The number of carbonyl (C=O) groups is 3. The van der Waals surface area contributed by atoms with Gasteiger partial charge in [0.1, 0.15) is 12.1 Å². The van der Waals surface area contributed by atoms with Crippen molar-refractivity contribution < 1.29 is 19.1 Å². The van der Waals surface area contributed by atoms with Crippen LogP contribution in [-0.4, -0.2) is 131 Å². The molecule has 1 saturated carbocycles. The van der Waals surface area contributed by atoms with Crippen molar-refractivity contribution in [2.24, 2.45) is 11.8 Å². The number of likely N-dealkylation sites (N-methyl/N-ethyl adjacent to an activating group) is 1. The first kappa shape index (κ1) is 34.7. The van der Waals surface area contributed by atoms with Crippen LogP contribution < -0.4 is 0 Å². The number of hydrogen-bond donors (Lipinski definition) is 0. The zero-order valence-corrected chi connectivity index (χ0v) is 30.0. The predicted molar refractivity (Wildman–Crippen MR) is 184 cm³/mol. The second-order valence-corrected chi connectivity index (χ2v) is 16.5. The minimum Gasteiger partial charge on any atom is -0.368 e. The van der Waals surface area contributed by atoms with Crippen molar-refractivity contribution in [2.75, 3.05) is 59.5 Å². The second kappa shape index (κ2) is 14.3. The van der Waals surface area contributed by atoms with Crippen LogP contribution in [0.5, 0.6) is 0 Å². The highest BCUT2D eigenvalue weighted by molar-refractivity contribution is 6.30. The summed E-state index contributed by atoms with van der Waals surface area (Å²) in [5.74, 6) is 0.470. The third kappa shape index (κ3) is 7.53. The van der Waals surface area contributed by atoms with E-state index in [0.29, 0.717) is 50.1 Å². The zero-order valence-electron chi connectivity index (χ0n) is 29.2. The number of ether oxygens (including phenoxy) is 1. The van der Waals surface area contributed by atoms with Crippen molar-refractivity contribution in [2.45, 2.75) is 108 Å². The monoisotopic (exact) mass is 669 g/mol. The first-order valence-electron chi connectivity index (χ1n) is 18.1. The summed E-state index contributed by atoms with van der Waals surface area (Å²) >= 11 is 6.28. The van der Waals surface area contributed by atoms with Crippen LogP contribution in [0.1, 0.15) is 84.1 Å². The summed E-state index contributed by atoms with van der Waals surface area (Å²) in [5.41, 5.74) is 0.994. The fourth-order valence-electron chi connectivity index (χ4n) is 8.71. The van der Waals surface area contributed by atoms with Crippen LogP contribution in [0.25, 0.3) is 0 Å². The Labute approximate surface area is 286 Å². The van der Waals surface area contributed by atoms with Gasteiger partial charge < -0.3 is 24.3 Å². The van der Waals surface area contributed by atoms with E-state index in [0.717, 1.165) is 63.7 Å². The van der Waals surface area contributed by atoms with Crippen LogP contribution in [0.15, 0.2) is 24.3 Å². The molecule has 3 amide bonds. The molecule has 5 atom stereocenters. The van der Waals surface area contributed by atoms with E-state index in [-0.39, 0.29) is 47.2 Å². The quantitative estimate of drug-likeness (QED) is 0.445. The molecule has 0 aromatic heterocycles. The number of nitrogens with zero attached hydrogens (tertiary/aromatic N) is 5. The zero-order chi connectivity index (χ0) is 33.5. The van der Waals surface area contributed by atoms with Gasteiger partial charge in [-0.3, -0.25) is 19.3 Å². The fourth-order valence-corrected chi connectivity index (χ4v) is 8.84. The number of likely N-dealkylation sites (tertiary alicyclic amines) is 2. The lowest BCUT2D eigenvalue weighted by molar-refractivity contribution is -0.148. The summed E-state index contributed by atoms with van der Waals surface area (Å²) in [7, 11) is 2.08. The molecule has 4 aliphatic heterocycles. The Bertz CT molecular complexity index is 1260. The van der Waals surface area contributed by atoms with Gasteiger partial charge in [-0.2, -0.15) is 0 Å². The normalized spacial score (nSPS) is 32.6. The van der Waals surface area contributed by atoms with E-state index in [1.807, 2.05) is 34.1 Å². The van der Waals surface area contributed by atoms with Gasteiger partial charge >= 0.3 is 0 Å². The van der Waals surface area contributed by atoms with Crippen LogP contribution >= 0.6 is 11.6 Å². The van der Waals surface area contributed by atoms with Crippen LogP contribution in [0.2, 0.25) is 5.02 Å². The van der Waals surface area contributed by atoms with Gasteiger partial charge in [0.05, 0.1) is 12.0 Å². The van der Waals surface area contributed by atoms with Crippen molar-refractivity contribution in [3.63, 3.8) is 0 Å². The molecule has 260 valence electrons. The molecule has 10 heteroatoms. The lowest BCUT2D eigenvalue weighted by Gasteiger charge is -2.41. The summed E-state index contributed by atoms with van der Waals surface area (Å²) in [6.07, 6.45) is 5.80. The van der Waals surface area contributed by atoms with Gasteiger partial charge in [0.25, 0.3) is 5.91 Å². The van der Waals surface area contributed by atoms with Gasteiger partial charge in [-0.05, 0) is 96.4 Å². The number of amides is 3. The maximum absolute atomic E-state index is 15.0. The minimum atomic E-state index is -0.576. The van der Waals surface area contributed by atoms with E-state index < -0.39 is 12.1 Å². The van der Waals surface area contributed by atoms with E-state index >= 15 is 4.79 Å². The average molecular weight is 670 g/mol. The third-order valence-corrected chi connectivity index (χ3v) is 12.0. The van der Waals surface area contributed by atoms with Crippen molar-refractivity contribution in [3.8, 4) is 0 Å². The van der Waals surface area contributed by atoms with Crippen LogP contribution in [0, 0.1) is 11.8 Å². The molecule has 0 N–H and O–H groups in total. The Balaban J connectivity index is 1.32. The van der Waals surface area contributed by atoms with Crippen LogP contribution in [0.3, 0.4) is 0 Å². The highest BCUT2D eigenvalue weighted by atomic mass is 35.5. The van der Waals surface area contributed by atoms with Gasteiger partial charge in [-0.15, -0.1) is 0 Å². The lowest BCUT2D eigenvalue weighted by atomic mass is 9.85. The maximum atomic E-state index is 15.0. The molecule has 9 nitrogen and oxygen atoms in total. The topological polar surface area (TPSA) is 76.6 Å². The van der Waals surface area contributed by atoms with Gasteiger partial charge in [0.15, 0.2) is 0 Å². The Hall–Kier alpha value is -2.20. The molecule has 4 saturated heterocycles. The number of hydrogen-bond acceptors (Lipinski definition) is 6. The molecule has 0 bridgehead atoms. The molecule has 1 aromatic carbocycles. The standard InChI is InChI=1S/C37H56ClN5O4/c1-25-8-14-28(15-9-25)43(36(46)33-7-6-20-47-33)29-21-32(35(45)40-18-16-39(5)17-19-40)42(22-29)34(44)31-24-41(37(2,3)4)23-30(31)26-10-12-27(38)13-11-26/h10-13,25,28-33H,6-9,14-24H2,1-5H3/t25?,28?,29-,30+,31-,32-,33+/m1/s1. The average Bonchev–Trinajstić information content (AvgIpc) is 3.83. The Morgan fingerprint density at radius 2 is 1.55 bits per heavy atom. The molecule has 5 aliphatic rings. The van der Waals surface area contributed by atoms with E-state index in [9.17, 15) is 9.59 Å². The molecule has 6 rings (SSSR count). The Morgan fingerprint density at radius 1 is 0.872 bits per heavy atom. The molecule has 4 heterocycles. The molecule has 47 heavy (non-hydrogen) atoms. The fraction of sp³-hybridized carbons (Fsp3) is 0.757. The van der Waals surface area contributed by atoms with Gasteiger partial charge in [-0.25, -0.2) is 0 Å². The van der Waals surface area contributed by atoms with E-state index in [1.54, 1.807) is 0 Å². The summed E-state index contributed by atoms with van der Waals surface area (Å²) in [6, 6.07) is 7.24. The molecule has 0 unspecified atom stereocenters. The third-order valence-electron chi connectivity index (χ3n) is 11.8. The molecular weight excluding hydrogens is 614 g/mol. The van der Waals surface area contributed by atoms with Crippen molar-refractivity contribution >= 4 is 29.3 Å². The van der Waals surface area contributed by atoms with Crippen LogP contribution in [-0.2, 0) is 19.1 Å². The second-order valence-electron chi connectivity index (χ2n) is 16.0. The Kier molecular flexibility index (Phi) is 10.6. The number of piperazine rings is 1. The molecule has 0 spiro atoms. The Morgan fingerprint density at radius 3 is 2.17 bits per heavy atom. The molecule has 1 aliphatic carbocycles. The SMILES string of the molecule is CC1CCC(N(C(=O)[C@@H]2CCCO2)[C@@H]2C[C@H](C(=O)N3CCN(C)CC3)N(C(=O)[C@@H]3CN(C(C)(C)C)C[C@H]3c3ccc(Cl)cc3)C2)CC1. The van der Waals surface area contributed by atoms with Crippen LogP contribution in [0.4, 0.5) is 0 Å². The highest BCUT2D eigenvalue weighted by Crippen LogP contribution is 2.40. The number of halogens is 1. The molecule has 5 fully saturated rings. The highest BCUT2D eigenvalue weighted by Gasteiger charge is 2.51. The largest absolute Gasteiger partial charge is 0.368 e. The number of rotatable bonds is 6. The van der Waals surface area contributed by atoms with Gasteiger partial charge in [0, 0.05) is 74.9 Å². The molecule has 1 aromatic rings. The van der Waals surface area contributed by atoms with Crippen molar-refractivity contribution in [1.82, 2.24) is 24.5 Å². The number of carbonyl (C=O) groups excluding carboxylic acids is 3. The summed E-state index contributed by atoms with van der Waals surface area (Å²) < 4.78 is 5.95. The van der Waals surface area contributed by atoms with Gasteiger partial charge in [-0.1, -0.05) is 30.7 Å². The lowest BCUT2D eigenvalue weighted by Crippen LogP contribution is -2.54. The predicted octanol–water partition coefficient (Wildman–Crippen LogP) is 4.48. The number of benzene rings is 1. The molecule has 0 radical (unpaired) electrons. The summed E-state index contributed by atoms with van der Waals surface area (Å²) in [6.45, 7) is 14.3. The first-order valence-corrected chi connectivity index (χ1v) is 18.5. The molecular formula is C37H56ClN5O4. The maximum Gasteiger partial charge on any atom is 0.252 e.